The Morgan fingerprint density at radius 3 is 2.89 bits per heavy atom. The van der Waals surface area contributed by atoms with Crippen molar-refractivity contribution in [3.05, 3.63) is 74.6 Å². The normalized spacial score (nSPS) is 22.0. The van der Waals surface area contributed by atoms with E-state index >= 15 is 0 Å². The van der Waals surface area contributed by atoms with Gasteiger partial charge in [-0.05, 0) is 25.1 Å². The van der Waals surface area contributed by atoms with Gasteiger partial charge in [-0.3, -0.25) is 14.7 Å². The summed E-state index contributed by atoms with van der Waals surface area (Å²) in [4.78, 5) is 34.2. The molecule has 12 heteroatoms. The van der Waals surface area contributed by atoms with Crippen LogP contribution in [0.4, 0.5) is 13.2 Å². The van der Waals surface area contributed by atoms with Crippen molar-refractivity contribution in [2.45, 2.75) is 18.9 Å². The van der Waals surface area contributed by atoms with Gasteiger partial charge < -0.3 is 10.1 Å². The minimum absolute atomic E-state index is 0.0374. The number of benzene rings is 1. The number of halogens is 4. The van der Waals surface area contributed by atoms with Crippen molar-refractivity contribution < 1.29 is 27.5 Å². The van der Waals surface area contributed by atoms with Gasteiger partial charge in [0.1, 0.15) is 18.1 Å². The van der Waals surface area contributed by atoms with E-state index in [2.05, 4.69) is 15.3 Å². The third-order valence-electron chi connectivity index (χ3n) is 5.75. The maximum absolute atomic E-state index is 14.6. The van der Waals surface area contributed by atoms with Crippen LogP contribution in [0.2, 0.25) is 5.02 Å². The predicted octanol–water partition coefficient (Wildman–Crippen LogP) is 4.17. The Balaban J connectivity index is 1.78. The van der Waals surface area contributed by atoms with Gasteiger partial charge in [0, 0.05) is 40.9 Å². The van der Waals surface area contributed by atoms with Crippen LogP contribution in [-0.2, 0) is 14.3 Å². The van der Waals surface area contributed by atoms with Crippen molar-refractivity contribution in [3.8, 4) is 0 Å². The van der Waals surface area contributed by atoms with Gasteiger partial charge >= 0.3 is 5.97 Å². The molecule has 2 atom stereocenters. The molecule has 0 aliphatic carbocycles. The van der Waals surface area contributed by atoms with Crippen LogP contribution in [0.25, 0.3) is 0 Å². The van der Waals surface area contributed by atoms with Gasteiger partial charge in [0.25, 0.3) is 5.92 Å². The number of hydrogen-bond acceptors (Lipinski definition) is 8. The van der Waals surface area contributed by atoms with E-state index in [0.717, 1.165) is 12.1 Å². The molecule has 0 saturated carbocycles. The second kappa shape index (κ2) is 10.9. The molecule has 4 rings (SSSR count). The Labute approximate surface area is 214 Å². The van der Waals surface area contributed by atoms with Gasteiger partial charge in [-0.25, -0.2) is 22.9 Å². The SMILES string of the molecule is CCOC(=O)C1=C(CN2CC(/C=C/C=O)C(F)(F)C2)NC(c2nccs2)=N[C@H]1c1ccc(F)cc1Cl. The zero-order valence-electron chi connectivity index (χ0n) is 19.1. The second-order valence-corrected chi connectivity index (χ2v) is 9.48. The monoisotopic (exact) mass is 538 g/mol. The molecule has 1 N–H and O–H groups in total. The molecule has 0 spiro atoms. The number of likely N-dealkylation sites (tertiary alicyclic amines) is 1. The number of rotatable bonds is 8. The summed E-state index contributed by atoms with van der Waals surface area (Å²) in [5.74, 6) is -5.16. The number of ether oxygens (including phenoxy) is 1. The fourth-order valence-electron chi connectivity index (χ4n) is 4.18. The van der Waals surface area contributed by atoms with Crippen LogP contribution < -0.4 is 5.32 Å². The Kier molecular flexibility index (Phi) is 7.91. The topological polar surface area (TPSA) is 83.9 Å². The minimum Gasteiger partial charge on any atom is -0.463 e. The molecule has 190 valence electrons. The molecule has 7 nitrogen and oxygen atoms in total. The molecule has 0 amide bonds. The molecule has 0 bridgehead atoms. The molecule has 0 radical (unpaired) electrons. The van der Waals surface area contributed by atoms with Crippen molar-refractivity contribution in [2.24, 2.45) is 10.9 Å². The number of carbonyl (C=O) groups is 2. The fraction of sp³-hybridized carbons (Fsp3) is 0.333. The van der Waals surface area contributed by atoms with E-state index < -0.39 is 36.2 Å². The van der Waals surface area contributed by atoms with Crippen molar-refractivity contribution in [2.75, 3.05) is 26.2 Å². The minimum atomic E-state index is -3.06. The first kappa shape index (κ1) is 26.1. The number of carbonyl (C=O) groups excluding carboxylic acids is 2. The molecule has 1 aromatic heterocycles. The van der Waals surface area contributed by atoms with Crippen LogP contribution in [-0.4, -0.2) is 60.1 Å². The van der Waals surface area contributed by atoms with Crippen LogP contribution in [0.5, 0.6) is 0 Å². The Morgan fingerprint density at radius 1 is 1.42 bits per heavy atom. The summed E-state index contributed by atoms with van der Waals surface area (Å²) in [6.45, 7) is 1.04. The van der Waals surface area contributed by atoms with Crippen molar-refractivity contribution in [3.63, 3.8) is 0 Å². The van der Waals surface area contributed by atoms with Crippen LogP contribution >= 0.6 is 22.9 Å². The van der Waals surface area contributed by atoms with Crippen molar-refractivity contribution in [1.29, 1.82) is 0 Å². The van der Waals surface area contributed by atoms with Gasteiger partial charge in [-0.2, -0.15) is 0 Å². The maximum atomic E-state index is 14.6. The number of nitrogens with zero attached hydrogens (tertiary/aromatic N) is 3. The highest BCUT2D eigenvalue weighted by Gasteiger charge is 2.47. The summed E-state index contributed by atoms with van der Waals surface area (Å²) >= 11 is 7.64. The summed E-state index contributed by atoms with van der Waals surface area (Å²) < 4.78 is 48.3. The smallest absolute Gasteiger partial charge is 0.338 e. The third kappa shape index (κ3) is 5.53. The highest BCUT2D eigenvalue weighted by Crippen LogP contribution is 2.38. The number of hydrogen-bond donors (Lipinski definition) is 1. The number of esters is 1. The Bertz CT molecular complexity index is 1230. The fourth-order valence-corrected chi connectivity index (χ4v) is 5.04. The Hall–Kier alpha value is -3.02. The number of allylic oxidation sites excluding steroid dienone is 1. The molecule has 1 aromatic carbocycles. The standard InChI is InChI=1S/C24H22ClF3N4O3S/c1-2-35-23(34)19-18(12-32-11-14(4-3-8-33)24(27,28)13-32)30-21(22-29-7-9-36-22)31-20(19)16-6-5-15(26)10-17(16)25/h3-10,14,20H,2,11-13H2,1H3,(H,30,31)/b4-3+/t14?,20-/m0/s1. The second-order valence-electron chi connectivity index (χ2n) is 8.18. The lowest BCUT2D eigenvalue weighted by molar-refractivity contribution is -0.139. The van der Waals surface area contributed by atoms with Gasteiger partial charge in [0.15, 0.2) is 10.8 Å². The van der Waals surface area contributed by atoms with Gasteiger partial charge in [-0.15, -0.1) is 11.3 Å². The van der Waals surface area contributed by atoms with Gasteiger partial charge in [-0.1, -0.05) is 23.7 Å². The summed E-state index contributed by atoms with van der Waals surface area (Å²) in [6.07, 6.45) is 4.28. The average Bonchev–Trinajstić information content (AvgIpc) is 3.45. The third-order valence-corrected chi connectivity index (χ3v) is 6.86. The molecule has 2 aliphatic heterocycles. The van der Waals surface area contributed by atoms with E-state index in [-0.39, 0.29) is 30.3 Å². The van der Waals surface area contributed by atoms with Gasteiger partial charge in [0.05, 0.1) is 24.6 Å². The molecule has 1 unspecified atom stereocenters. The van der Waals surface area contributed by atoms with E-state index in [0.29, 0.717) is 28.4 Å². The number of amidine groups is 1. The molecular weight excluding hydrogens is 517 g/mol. The highest BCUT2D eigenvalue weighted by molar-refractivity contribution is 7.11. The number of nitrogens with one attached hydrogen (secondary N) is 1. The first-order valence-electron chi connectivity index (χ1n) is 11.1. The first-order valence-corrected chi connectivity index (χ1v) is 12.3. The lowest BCUT2D eigenvalue weighted by atomic mass is 9.95. The van der Waals surface area contributed by atoms with Crippen LogP contribution in [0, 0.1) is 11.7 Å². The maximum Gasteiger partial charge on any atom is 0.338 e. The Morgan fingerprint density at radius 2 is 2.22 bits per heavy atom. The summed E-state index contributed by atoms with van der Waals surface area (Å²) in [5, 5.41) is 5.40. The van der Waals surface area contributed by atoms with Crippen molar-refractivity contribution in [1.82, 2.24) is 15.2 Å². The summed E-state index contributed by atoms with van der Waals surface area (Å²) in [7, 11) is 0. The lowest BCUT2D eigenvalue weighted by Crippen LogP contribution is -2.39. The van der Waals surface area contributed by atoms with Gasteiger partial charge in [0.2, 0.25) is 0 Å². The highest BCUT2D eigenvalue weighted by atomic mass is 35.5. The van der Waals surface area contributed by atoms with Crippen LogP contribution in [0.1, 0.15) is 23.5 Å². The molecule has 2 aromatic rings. The number of aldehydes is 1. The van der Waals surface area contributed by atoms with Crippen LogP contribution in [0.3, 0.4) is 0 Å². The zero-order chi connectivity index (χ0) is 25.9. The quantitative estimate of drug-likeness (QED) is 0.309. The molecule has 1 saturated heterocycles. The van der Waals surface area contributed by atoms with E-state index in [4.69, 9.17) is 16.3 Å². The van der Waals surface area contributed by atoms with E-state index in [1.165, 1.54) is 34.4 Å². The number of alkyl halides is 2. The van der Waals surface area contributed by atoms with E-state index in [1.807, 2.05) is 0 Å². The predicted molar refractivity (Wildman–Crippen MR) is 130 cm³/mol. The largest absolute Gasteiger partial charge is 0.463 e. The molecular formula is C24H22ClF3N4O3S. The van der Waals surface area contributed by atoms with E-state index in [1.54, 1.807) is 18.5 Å². The first-order chi connectivity index (χ1) is 17.2. The zero-order valence-corrected chi connectivity index (χ0v) is 20.7. The van der Waals surface area contributed by atoms with Crippen molar-refractivity contribution >= 4 is 41.0 Å². The van der Waals surface area contributed by atoms with E-state index in [9.17, 15) is 22.8 Å². The van der Waals surface area contributed by atoms with Crippen LogP contribution in [0.15, 0.2) is 58.2 Å². The number of aliphatic imine (C=N–C) groups is 1. The summed E-state index contributed by atoms with van der Waals surface area (Å²) in [6, 6.07) is 2.76. The molecule has 36 heavy (non-hydrogen) atoms. The average molecular weight is 539 g/mol. The molecule has 2 aliphatic rings. The molecule has 3 heterocycles. The summed E-state index contributed by atoms with van der Waals surface area (Å²) in [5.41, 5.74) is 0.739. The lowest BCUT2D eigenvalue weighted by Gasteiger charge is -2.29. The molecule has 1 fully saturated rings. The number of aromatic nitrogens is 1. The number of thiazole rings is 1.